The molecule has 0 radical (unpaired) electrons. The van der Waals surface area contributed by atoms with Crippen LogP contribution in [0.25, 0.3) is 0 Å². The third-order valence-corrected chi connectivity index (χ3v) is 3.14. The first kappa shape index (κ1) is 15.0. The van der Waals surface area contributed by atoms with Crippen LogP contribution in [0.15, 0.2) is 54.6 Å². The number of rotatable bonds is 7. The monoisotopic (exact) mass is 286 g/mol. The first-order valence-electron chi connectivity index (χ1n) is 6.64. The minimum atomic E-state index is -0.396. The Morgan fingerprint density at radius 1 is 1.14 bits per heavy atom. The van der Waals surface area contributed by atoms with Crippen molar-refractivity contribution in [3.63, 3.8) is 0 Å². The Hall–Kier alpha value is -2.37. The average molecular weight is 286 g/mol. The first-order valence-corrected chi connectivity index (χ1v) is 6.64. The summed E-state index contributed by atoms with van der Waals surface area (Å²) in [6.45, 7) is 0.506. The van der Waals surface area contributed by atoms with Gasteiger partial charge in [-0.3, -0.25) is 9.63 Å². The van der Waals surface area contributed by atoms with Crippen molar-refractivity contribution in [2.75, 3.05) is 6.54 Å². The van der Waals surface area contributed by atoms with Crippen molar-refractivity contribution in [2.24, 2.45) is 5.73 Å². The van der Waals surface area contributed by atoms with Gasteiger partial charge >= 0.3 is 0 Å². The molecule has 0 aliphatic heterocycles. The van der Waals surface area contributed by atoms with Gasteiger partial charge in [0.25, 0.3) is 0 Å². The molecule has 0 saturated heterocycles. The second-order valence-electron chi connectivity index (χ2n) is 4.57. The van der Waals surface area contributed by atoms with E-state index in [1.807, 2.05) is 30.3 Å². The molecule has 1 amide bonds. The Morgan fingerprint density at radius 3 is 2.38 bits per heavy atom. The van der Waals surface area contributed by atoms with Gasteiger partial charge in [0.2, 0.25) is 6.41 Å². The van der Waals surface area contributed by atoms with E-state index in [0.29, 0.717) is 6.41 Å². The largest absolute Gasteiger partial charge is 0.508 e. The lowest BCUT2D eigenvalue weighted by Gasteiger charge is -2.26. The van der Waals surface area contributed by atoms with Crippen LogP contribution in [0.2, 0.25) is 0 Å². The van der Waals surface area contributed by atoms with Gasteiger partial charge in [-0.25, -0.2) is 5.06 Å². The maximum Gasteiger partial charge on any atom is 0.233 e. The second-order valence-corrected chi connectivity index (χ2v) is 4.57. The number of phenolic OH excluding ortho intramolecular Hbond substituents is 1. The van der Waals surface area contributed by atoms with Crippen molar-refractivity contribution < 1.29 is 14.7 Å². The number of benzene rings is 2. The van der Waals surface area contributed by atoms with Crippen molar-refractivity contribution in [3.05, 3.63) is 65.7 Å². The van der Waals surface area contributed by atoms with E-state index < -0.39 is 6.04 Å². The Bertz CT molecular complexity index is 557. The minimum Gasteiger partial charge on any atom is -0.508 e. The van der Waals surface area contributed by atoms with E-state index in [-0.39, 0.29) is 18.9 Å². The lowest BCUT2D eigenvalue weighted by Crippen LogP contribution is -2.32. The Kier molecular flexibility index (Phi) is 5.31. The van der Waals surface area contributed by atoms with Crippen LogP contribution in [0, 0.1) is 0 Å². The Labute approximate surface area is 123 Å². The van der Waals surface area contributed by atoms with Gasteiger partial charge in [0.15, 0.2) is 0 Å². The van der Waals surface area contributed by atoms with Crippen molar-refractivity contribution in [3.8, 4) is 5.75 Å². The summed E-state index contributed by atoms with van der Waals surface area (Å²) >= 11 is 0. The van der Waals surface area contributed by atoms with Crippen molar-refractivity contribution >= 4 is 6.41 Å². The smallest absolute Gasteiger partial charge is 0.233 e. The summed E-state index contributed by atoms with van der Waals surface area (Å²) in [5.41, 5.74) is 7.51. The molecule has 21 heavy (non-hydrogen) atoms. The fourth-order valence-electron chi connectivity index (χ4n) is 2.00. The third kappa shape index (κ3) is 4.05. The number of nitrogens with zero attached hydrogens (tertiary/aromatic N) is 1. The molecule has 1 atom stereocenters. The molecule has 110 valence electrons. The lowest BCUT2D eigenvalue weighted by molar-refractivity contribution is -0.192. The fourth-order valence-corrected chi connectivity index (χ4v) is 2.00. The zero-order chi connectivity index (χ0) is 15.1. The van der Waals surface area contributed by atoms with E-state index in [0.717, 1.165) is 11.1 Å². The normalized spacial score (nSPS) is 11.9. The molecule has 0 saturated carbocycles. The lowest BCUT2D eigenvalue weighted by atomic mass is 10.1. The van der Waals surface area contributed by atoms with Crippen LogP contribution in [0.5, 0.6) is 5.75 Å². The highest BCUT2D eigenvalue weighted by atomic mass is 16.7. The molecule has 2 aromatic carbocycles. The Balaban J connectivity index is 2.07. The van der Waals surface area contributed by atoms with Gasteiger partial charge in [-0.1, -0.05) is 42.5 Å². The van der Waals surface area contributed by atoms with Crippen LogP contribution in [-0.2, 0) is 16.2 Å². The van der Waals surface area contributed by atoms with Crippen molar-refractivity contribution in [1.29, 1.82) is 0 Å². The summed E-state index contributed by atoms with van der Waals surface area (Å²) in [5, 5.41) is 10.5. The summed E-state index contributed by atoms with van der Waals surface area (Å²) in [7, 11) is 0. The SMILES string of the molecule is NCC(c1ccc(O)cc1)N(C=O)OCc1ccccc1. The quantitative estimate of drug-likeness (QED) is 0.603. The number of nitrogens with two attached hydrogens (primary N) is 1. The molecule has 0 aliphatic rings. The summed E-state index contributed by atoms with van der Waals surface area (Å²) in [6, 6.07) is 15.7. The molecule has 0 aliphatic carbocycles. The molecule has 0 heterocycles. The highest BCUT2D eigenvalue weighted by Gasteiger charge is 2.18. The van der Waals surface area contributed by atoms with E-state index in [9.17, 15) is 9.90 Å². The van der Waals surface area contributed by atoms with Gasteiger partial charge in [-0.15, -0.1) is 0 Å². The predicted octanol–water partition coefficient (Wildman–Crippen LogP) is 1.98. The first-order chi connectivity index (χ1) is 10.2. The molecule has 2 aromatic rings. The van der Waals surface area contributed by atoms with Gasteiger partial charge in [0, 0.05) is 6.54 Å². The maximum absolute atomic E-state index is 11.3. The molecule has 5 nitrogen and oxygen atoms in total. The van der Waals surface area contributed by atoms with Gasteiger partial charge < -0.3 is 10.8 Å². The summed E-state index contributed by atoms with van der Waals surface area (Å²) in [4.78, 5) is 16.8. The van der Waals surface area contributed by atoms with Gasteiger partial charge in [0.05, 0.1) is 6.04 Å². The van der Waals surface area contributed by atoms with E-state index in [2.05, 4.69) is 0 Å². The molecule has 0 aromatic heterocycles. The van der Waals surface area contributed by atoms with Crippen LogP contribution in [0.3, 0.4) is 0 Å². The fraction of sp³-hybridized carbons (Fsp3) is 0.188. The maximum atomic E-state index is 11.3. The topological polar surface area (TPSA) is 75.8 Å². The number of aromatic hydroxyl groups is 1. The van der Waals surface area contributed by atoms with E-state index in [4.69, 9.17) is 10.6 Å². The highest BCUT2D eigenvalue weighted by molar-refractivity contribution is 5.47. The van der Waals surface area contributed by atoms with Gasteiger partial charge in [-0.05, 0) is 23.3 Å². The third-order valence-electron chi connectivity index (χ3n) is 3.14. The molecule has 3 N–H and O–H groups in total. The van der Waals surface area contributed by atoms with Crippen molar-refractivity contribution in [2.45, 2.75) is 12.6 Å². The highest BCUT2D eigenvalue weighted by Crippen LogP contribution is 2.21. The van der Waals surface area contributed by atoms with Gasteiger partial charge in [-0.2, -0.15) is 0 Å². The molecule has 5 heteroatoms. The van der Waals surface area contributed by atoms with Crippen LogP contribution >= 0.6 is 0 Å². The number of carbonyl (C=O) groups excluding carboxylic acids is 1. The van der Waals surface area contributed by atoms with Crippen LogP contribution in [-0.4, -0.2) is 23.1 Å². The zero-order valence-electron chi connectivity index (χ0n) is 11.6. The van der Waals surface area contributed by atoms with E-state index >= 15 is 0 Å². The second kappa shape index (κ2) is 7.42. The Morgan fingerprint density at radius 2 is 1.81 bits per heavy atom. The molecular formula is C16H18N2O3. The number of hydroxylamine groups is 2. The molecule has 0 spiro atoms. The number of carbonyl (C=O) groups is 1. The van der Waals surface area contributed by atoms with Crippen molar-refractivity contribution in [1.82, 2.24) is 5.06 Å². The van der Waals surface area contributed by atoms with Crippen LogP contribution < -0.4 is 5.73 Å². The average Bonchev–Trinajstić information content (AvgIpc) is 2.53. The number of amides is 1. The van der Waals surface area contributed by atoms with Crippen LogP contribution in [0.1, 0.15) is 17.2 Å². The summed E-state index contributed by atoms with van der Waals surface area (Å²) in [6.07, 6.45) is 0.618. The van der Waals surface area contributed by atoms with E-state index in [1.54, 1.807) is 24.3 Å². The number of phenols is 1. The summed E-state index contributed by atoms with van der Waals surface area (Å²) in [5.74, 6) is 0.164. The standard InChI is InChI=1S/C16H18N2O3/c17-10-16(14-6-8-15(20)9-7-14)18(12-19)21-11-13-4-2-1-3-5-13/h1-9,12,16,20H,10-11,17H2. The van der Waals surface area contributed by atoms with E-state index in [1.165, 1.54) is 5.06 Å². The molecule has 0 bridgehead atoms. The zero-order valence-corrected chi connectivity index (χ0v) is 11.6. The van der Waals surface area contributed by atoms with Gasteiger partial charge in [0.1, 0.15) is 12.4 Å². The number of hydrogen-bond donors (Lipinski definition) is 2. The molecule has 1 unspecified atom stereocenters. The minimum absolute atomic E-state index is 0.164. The molecule has 2 rings (SSSR count). The van der Waals surface area contributed by atoms with Crippen LogP contribution in [0.4, 0.5) is 0 Å². The number of hydrogen-bond acceptors (Lipinski definition) is 4. The predicted molar refractivity (Wildman–Crippen MR) is 79.0 cm³/mol. The molecule has 0 fully saturated rings. The summed E-state index contributed by atoms with van der Waals surface area (Å²) < 4.78 is 0. The molecular weight excluding hydrogens is 268 g/mol.